The zero-order chi connectivity index (χ0) is 12.4. The SMILES string of the molecule is CCC1CCCC(n2nnc(N)c2C(C)C)C1. The minimum absolute atomic E-state index is 0.395. The molecule has 1 fully saturated rings. The second kappa shape index (κ2) is 5.07. The molecule has 0 aliphatic heterocycles. The van der Waals surface area contributed by atoms with E-state index in [1.54, 1.807) is 0 Å². The van der Waals surface area contributed by atoms with Gasteiger partial charge in [0, 0.05) is 0 Å². The third-order valence-electron chi connectivity index (χ3n) is 3.98. The van der Waals surface area contributed by atoms with Gasteiger partial charge in [0.05, 0.1) is 11.7 Å². The second-order valence-corrected chi connectivity index (χ2v) is 5.55. The Labute approximate surface area is 104 Å². The lowest BCUT2D eigenvalue weighted by Gasteiger charge is -2.29. The molecule has 4 heteroatoms. The van der Waals surface area contributed by atoms with E-state index in [0.29, 0.717) is 17.8 Å². The van der Waals surface area contributed by atoms with E-state index in [-0.39, 0.29) is 0 Å². The summed E-state index contributed by atoms with van der Waals surface area (Å²) in [6, 6.07) is 0.510. The zero-order valence-corrected chi connectivity index (χ0v) is 11.2. The van der Waals surface area contributed by atoms with Crippen LogP contribution in [-0.2, 0) is 0 Å². The van der Waals surface area contributed by atoms with Crippen molar-refractivity contribution >= 4 is 5.82 Å². The molecule has 1 aliphatic carbocycles. The van der Waals surface area contributed by atoms with Crippen molar-refractivity contribution < 1.29 is 0 Å². The Kier molecular flexibility index (Phi) is 3.69. The van der Waals surface area contributed by atoms with Gasteiger partial charge in [-0.2, -0.15) is 0 Å². The topological polar surface area (TPSA) is 56.7 Å². The van der Waals surface area contributed by atoms with Gasteiger partial charge in [-0.1, -0.05) is 45.2 Å². The fraction of sp³-hybridized carbons (Fsp3) is 0.846. The molecule has 2 unspecified atom stereocenters. The van der Waals surface area contributed by atoms with Crippen LogP contribution in [-0.4, -0.2) is 15.0 Å². The molecule has 1 aliphatic rings. The molecule has 0 radical (unpaired) electrons. The molecule has 17 heavy (non-hydrogen) atoms. The maximum absolute atomic E-state index is 5.92. The Morgan fingerprint density at radius 3 is 2.82 bits per heavy atom. The summed E-state index contributed by atoms with van der Waals surface area (Å²) in [6.07, 6.45) is 6.41. The number of nitrogens with zero attached hydrogens (tertiary/aromatic N) is 3. The van der Waals surface area contributed by atoms with Crippen LogP contribution in [0.3, 0.4) is 0 Å². The summed E-state index contributed by atoms with van der Waals surface area (Å²) in [4.78, 5) is 0. The van der Waals surface area contributed by atoms with Gasteiger partial charge in [-0.3, -0.25) is 0 Å². The first-order valence-corrected chi connectivity index (χ1v) is 6.84. The Balaban J connectivity index is 2.21. The van der Waals surface area contributed by atoms with Gasteiger partial charge in [-0.25, -0.2) is 4.68 Å². The second-order valence-electron chi connectivity index (χ2n) is 5.55. The number of nitrogen functional groups attached to an aromatic ring is 1. The van der Waals surface area contributed by atoms with Gasteiger partial charge in [0.1, 0.15) is 0 Å². The van der Waals surface area contributed by atoms with Crippen molar-refractivity contribution in [2.45, 2.75) is 64.8 Å². The van der Waals surface area contributed by atoms with E-state index in [1.807, 2.05) is 0 Å². The largest absolute Gasteiger partial charge is 0.381 e. The summed E-state index contributed by atoms with van der Waals surface area (Å²) in [5.41, 5.74) is 7.04. The van der Waals surface area contributed by atoms with Crippen molar-refractivity contribution in [3.8, 4) is 0 Å². The van der Waals surface area contributed by atoms with Gasteiger partial charge in [0.15, 0.2) is 5.82 Å². The van der Waals surface area contributed by atoms with Crippen molar-refractivity contribution in [3.63, 3.8) is 0 Å². The molecule has 0 saturated heterocycles. The molecule has 1 aromatic rings. The van der Waals surface area contributed by atoms with Crippen LogP contribution in [0.25, 0.3) is 0 Å². The molecule has 0 aromatic carbocycles. The Morgan fingerprint density at radius 2 is 2.18 bits per heavy atom. The van der Waals surface area contributed by atoms with Crippen molar-refractivity contribution in [2.24, 2.45) is 5.92 Å². The van der Waals surface area contributed by atoms with Crippen LogP contribution in [0.1, 0.15) is 70.5 Å². The predicted octanol–water partition coefficient (Wildman–Crippen LogP) is 3.13. The van der Waals surface area contributed by atoms with Crippen LogP contribution >= 0.6 is 0 Å². The highest BCUT2D eigenvalue weighted by Crippen LogP contribution is 2.36. The normalized spacial score (nSPS) is 25.4. The van der Waals surface area contributed by atoms with Crippen molar-refractivity contribution in [2.75, 3.05) is 5.73 Å². The molecule has 2 rings (SSSR count). The highest BCUT2D eigenvalue weighted by atomic mass is 15.5. The van der Waals surface area contributed by atoms with Gasteiger partial charge in [0.25, 0.3) is 0 Å². The summed E-state index contributed by atoms with van der Waals surface area (Å²) in [5, 5.41) is 8.33. The Bertz CT molecular complexity index is 369. The van der Waals surface area contributed by atoms with E-state index in [1.165, 1.54) is 32.1 Å². The molecule has 4 nitrogen and oxygen atoms in total. The van der Waals surface area contributed by atoms with Crippen molar-refractivity contribution in [1.82, 2.24) is 15.0 Å². The van der Waals surface area contributed by atoms with Gasteiger partial charge in [-0.05, 0) is 24.7 Å². The van der Waals surface area contributed by atoms with Gasteiger partial charge < -0.3 is 5.73 Å². The van der Waals surface area contributed by atoms with Crippen LogP contribution in [0, 0.1) is 5.92 Å². The van der Waals surface area contributed by atoms with Gasteiger partial charge in [0.2, 0.25) is 0 Å². The van der Waals surface area contributed by atoms with Crippen LogP contribution in [0.2, 0.25) is 0 Å². The average Bonchev–Trinajstić information content (AvgIpc) is 2.71. The molecular weight excluding hydrogens is 212 g/mol. The Hall–Kier alpha value is -1.06. The molecule has 0 spiro atoms. The molecule has 0 bridgehead atoms. The summed E-state index contributed by atoms with van der Waals surface area (Å²) >= 11 is 0. The third kappa shape index (κ3) is 2.45. The van der Waals surface area contributed by atoms with Crippen LogP contribution in [0.5, 0.6) is 0 Å². The standard InChI is InChI=1S/C13H24N4/c1-4-10-6-5-7-11(8-10)17-12(9(2)3)13(14)15-16-17/h9-11H,4-8,14H2,1-3H3. The number of anilines is 1. The third-order valence-corrected chi connectivity index (χ3v) is 3.98. The lowest BCUT2D eigenvalue weighted by Crippen LogP contribution is -2.22. The number of hydrogen-bond donors (Lipinski definition) is 1. The monoisotopic (exact) mass is 236 g/mol. The predicted molar refractivity (Wildman–Crippen MR) is 69.8 cm³/mol. The molecule has 1 heterocycles. The molecule has 0 amide bonds. The van der Waals surface area contributed by atoms with Crippen molar-refractivity contribution in [1.29, 1.82) is 0 Å². The fourth-order valence-corrected chi connectivity index (χ4v) is 3.00. The summed E-state index contributed by atoms with van der Waals surface area (Å²) in [5.74, 6) is 1.85. The highest BCUT2D eigenvalue weighted by Gasteiger charge is 2.26. The van der Waals surface area contributed by atoms with E-state index in [0.717, 1.165) is 11.6 Å². The maximum Gasteiger partial charge on any atom is 0.169 e. The zero-order valence-electron chi connectivity index (χ0n) is 11.2. The van der Waals surface area contributed by atoms with E-state index in [9.17, 15) is 0 Å². The van der Waals surface area contributed by atoms with E-state index in [4.69, 9.17) is 5.73 Å². The summed E-state index contributed by atoms with van der Waals surface area (Å²) < 4.78 is 2.10. The van der Waals surface area contributed by atoms with Crippen LogP contribution in [0.4, 0.5) is 5.82 Å². The van der Waals surface area contributed by atoms with Gasteiger partial charge in [-0.15, -0.1) is 5.10 Å². The van der Waals surface area contributed by atoms with E-state index >= 15 is 0 Å². The molecule has 2 N–H and O–H groups in total. The first kappa shape index (κ1) is 12.4. The fourth-order valence-electron chi connectivity index (χ4n) is 3.00. The lowest BCUT2D eigenvalue weighted by molar-refractivity contribution is 0.240. The quantitative estimate of drug-likeness (QED) is 0.877. The molecular formula is C13H24N4. The highest BCUT2D eigenvalue weighted by molar-refractivity contribution is 5.35. The summed E-state index contributed by atoms with van der Waals surface area (Å²) in [7, 11) is 0. The van der Waals surface area contributed by atoms with Crippen LogP contribution in [0.15, 0.2) is 0 Å². The smallest absolute Gasteiger partial charge is 0.169 e. The van der Waals surface area contributed by atoms with Crippen molar-refractivity contribution in [3.05, 3.63) is 5.69 Å². The van der Waals surface area contributed by atoms with Gasteiger partial charge >= 0.3 is 0 Å². The molecule has 1 saturated carbocycles. The maximum atomic E-state index is 5.92. The van der Waals surface area contributed by atoms with E-state index < -0.39 is 0 Å². The summed E-state index contributed by atoms with van der Waals surface area (Å²) in [6.45, 7) is 6.60. The number of hydrogen-bond acceptors (Lipinski definition) is 3. The Morgan fingerprint density at radius 1 is 1.41 bits per heavy atom. The minimum Gasteiger partial charge on any atom is -0.381 e. The molecule has 1 aromatic heterocycles. The lowest BCUT2D eigenvalue weighted by atomic mass is 9.84. The number of nitrogens with two attached hydrogens (primary N) is 1. The molecule has 2 atom stereocenters. The first-order valence-electron chi connectivity index (χ1n) is 6.84. The number of aromatic nitrogens is 3. The minimum atomic E-state index is 0.395. The number of rotatable bonds is 3. The first-order chi connectivity index (χ1) is 8.13. The van der Waals surface area contributed by atoms with Crippen LogP contribution < -0.4 is 5.73 Å². The molecule has 96 valence electrons. The van der Waals surface area contributed by atoms with E-state index in [2.05, 4.69) is 35.8 Å². The average molecular weight is 236 g/mol.